The topological polar surface area (TPSA) is 49.6 Å². The molecule has 0 N–H and O–H groups in total. The van der Waals surface area contributed by atoms with Gasteiger partial charge in [0.05, 0.1) is 11.6 Å². The van der Waals surface area contributed by atoms with Crippen molar-refractivity contribution in [2.24, 2.45) is 0 Å². The minimum absolute atomic E-state index is 0.338. The molecule has 1 heterocycles. The predicted molar refractivity (Wildman–Crippen MR) is 66.3 cm³/mol. The smallest absolute Gasteiger partial charge is 0.130 e. The maximum atomic E-state index is 8.72. The summed E-state index contributed by atoms with van der Waals surface area (Å²) >= 11 is 0. The summed E-state index contributed by atoms with van der Waals surface area (Å²) in [6.45, 7) is 4.13. The summed E-state index contributed by atoms with van der Waals surface area (Å²) in [5.41, 5.74) is 2.66. The summed E-state index contributed by atoms with van der Waals surface area (Å²) in [5, 5.41) is 8.72. The Kier molecular flexibility index (Phi) is 3.15. The second kappa shape index (κ2) is 4.75. The molecular weight excluding hydrogens is 210 g/mol. The molecule has 0 bridgehead atoms. The number of nitriles is 1. The van der Waals surface area contributed by atoms with Crippen LogP contribution in [0.5, 0.6) is 0 Å². The van der Waals surface area contributed by atoms with E-state index in [2.05, 4.69) is 29.9 Å². The van der Waals surface area contributed by atoms with Crippen molar-refractivity contribution in [1.82, 2.24) is 9.97 Å². The van der Waals surface area contributed by atoms with Crippen LogP contribution in [0.2, 0.25) is 0 Å². The quantitative estimate of drug-likeness (QED) is 0.785. The molecule has 0 fully saturated rings. The standard InChI is InChI=1S/C14H13N3/c1-10(2)14-16-8-13(9-17-14)12-5-3-11(7-15)4-6-12/h3-6,8-10H,1-2H3. The van der Waals surface area contributed by atoms with E-state index < -0.39 is 0 Å². The van der Waals surface area contributed by atoms with Gasteiger partial charge in [0.15, 0.2) is 0 Å². The maximum Gasteiger partial charge on any atom is 0.130 e. The first-order valence-corrected chi connectivity index (χ1v) is 5.53. The molecule has 0 atom stereocenters. The van der Waals surface area contributed by atoms with Crippen LogP contribution < -0.4 is 0 Å². The summed E-state index contributed by atoms with van der Waals surface area (Å²) in [7, 11) is 0. The number of hydrogen-bond donors (Lipinski definition) is 0. The molecule has 0 amide bonds. The summed E-state index contributed by atoms with van der Waals surface area (Å²) in [5.74, 6) is 1.19. The van der Waals surface area contributed by atoms with Gasteiger partial charge in [-0.05, 0) is 17.7 Å². The monoisotopic (exact) mass is 223 g/mol. The number of benzene rings is 1. The first kappa shape index (κ1) is 11.3. The van der Waals surface area contributed by atoms with E-state index in [1.807, 2.05) is 24.5 Å². The third-order valence-corrected chi connectivity index (χ3v) is 2.54. The summed E-state index contributed by atoms with van der Waals surface area (Å²) in [4.78, 5) is 8.64. The van der Waals surface area contributed by atoms with E-state index >= 15 is 0 Å². The number of hydrogen-bond acceptors (Lipinski definition) is 3. The Morgan fingerprint density at radius 1 is 1.00 bits per heavy atom. The van der Waals surface area contributed by atoms with Crippen molar-refractivity contribution in [2.45, 2.75) is 19.8 Å². The van der Waals surface area contributed by atoms with Gasteiger partial charge >= 0.3 is 0 Å². The number of aromatic nitrogens is 2. The van der Waals surface area contributed by atoms with Gasteiger partial charge in [-0.15, -0.1) is 0 Å². The third kappa shape index (κ3) is 2.48. The van der Waals surface area contributed by atoms with Crippen molar-refractivity contribution in [2.75, 3.05) is 0 Å². The van der Waals surface area contributed by atoms with Gasteiger partial charge in [-0.2, -0.15) is 5.26 Å². The van der Waals surface area contributed by atoms with Crippen molar-refractivity contribution >= 4 is 0 Å². The molecule has 3 heteroatoms. The van der Waals surface area contributed by atoms with Crippen molar-refractivity contribution in [3.8, 4) is 17.2 Å². The number of nitrogens with zero attached hydrogens (tertiary/aromatic N) is 3. The average molecular weight is 223 g/mol. The molecule has 17 heavy (non-hydrogen) atoms. The van der Waals surface area contributed by atoms with E-state index in [1.54, 1.807) is 12.1 Å². The molecular formula is C14H13N3. The van der Waals surface area contributed by atoms with E-state index in [9.17, 15) is 0 Å². The lowest BCUT2D eigenvalue weighted by Gasteiger charge is -2.05. The predicted octanol–water partition coefficient (Wildman–Crippen LogP) is 3.14. The fourth-order valence-electron chi connectivity index (χ4n) is 1.52. The third-order valence-electron chi connectivity index (χ3n) is 2.54. The van der Waals surface area contributed by atoms with Gasteiger partial charge in [0, 0.05) is 23.9 Å². The van der Waals surface area contributed by atoms with Gasteiger partial charge < -0.3 is 0 Å². The van der Waals surface area contributed by atoms with E-state index in [0.29, 0.717) is 11.5 Å². The van der Waals surface area contributed by atoms with Crippen LogP contribution in [0.15, 0.2) is 36.7 Å². The molecule has 0 radical (unpaired) electrons. The van der Waals surface area contributed by atoms with E-state index in [4.69, 9.17) is 5.26 Å². The van der Waals surface area contributed by atoms with Gasteiger partial charge in [0.25, 0.3) is 0 Å². The van der Waals surface area contributed by atoms with Crippen LogP contribution in [0, 0.1) is 11.3 Å². The minimum atomic E-state index is 0.338. The fourth-order valence-corrected chi connectivity index (χ4v) is 1.52. The Balaban J connectivity index is 2.30. The Labute approximate surface area is 101 Å². The second-order valence-corrected chi connectivity index (χ2v) is 4.17. The zero-order valence-electron chi connectivity index (χ0n) is 9.88. The van der Waals surface area contributed by atoms with Crippen LogP contribution in [0.1, 0.15) is 31.2 Å². The van der Waals surface area contributed by atoms with Crippen LogP contribution in [0.25, 0.3) is 11.1 Å². The highest BCUT2D eigenvalue weighted by Crippen LogP contribution is 2.19. The van der Waals surface area contributed by atoms with Crippen molar-refractivity contribution in [3.63, 3.8) is 0 Å². The fraction of sp³-hybridized carbons (Fsp3) is 0.214. The van der Waals surface area contributed by atoms with Crippen molar-refractivity contribution in [1.29, 1.82) is 5.26 Å². The van der Waals surface area contributed by atoms with E-state index in [1.165, 1.54) is 0 Å². The molecule has 2 rings (SSSR count). The van der Waals surface area contributed by atoms with Gasteiger partial charge in [-0.1, -0.05) is 26.0 Å². The van der Waals surface area contributed by atoms with Crippen LogP contribution in [-0.2, 0) is 0 Å². The summed E-state index contributed by atoms with van der Waals surface area (Å²) in [6.07, 6.45) is 3.65. The average Bonchev–Trinajstić information content (AvgIpc) is 2.39. The molecule has 84 valence electrons. The lowest BCUT2D eigenvalue weighted by atomic mass is 10.1. The zero-order valence-corrected chi connectivity index (χ0v) is 9.88. The molecule has 0 aliphatic rings. The largest absolute Gasteiger partial charge is 0.240 e. The van der Waals surface area contributed by atoms with Gasteiger partial charge in [-0.3, -0.25) is 0 Å². The number of rotatable bonds is 2. The first-order valence-electron chi connectivity index (χ1n) is 5.53. The lowest BCUT2D eigenvalue weighted by Crippen LogP contribution is -1.96. The zero-order chi connectivity index (χ0) is 12.3. The normalized spacial score (nSPS) is 10.2. The maximum absolute atomic E-state index is 8.72. The minimum Gasteiger partial charge on any atom is -0.240 e. The van der Waals surface area contributed by atoms with Crippen LogP contribution in [-0.4, -0.2) is 9.97 Å². The second-order valence-electron chi connectivity index (χ2n) is 4.17. The van der Waals surface area contributed by atoms with Crippen molar-refractivity contribution in [3.05, 3.63) is 48.0 Å². The molecule has 0 spiro atoms. The van der Waals surface area contributed by atoms with Crippen molar-refractivity contribution < 1.29 is 0 Å². The summed E-state index contributed by atoms with van der Waals surface area (Å²) in [6, 6.07) is 9.51. The molecule has 3 nitrogen and oxygen atoms in total. The molecule has 0 unspecified atom stereocenters. The molecule has 0 aliphatic carbocycles. The van der Waals surface area contributed by atoms with E-state index in [-0.39, 0.29) is 0 Å². The van der Waals surface area contributed by atoms with Crippen LogP contribution >= 0.6 is 0 Å². The van der Waals surface area contributed by atoms with Crippen LogP contribution in [0.3, 0.4) is 0 Å². The Morgan fingerprint density at radius 2 is 1.59 bits per heavy atom. The molecule has 1 aromatic heterocycles. The molecule has 0 saturated carbocycles. The molecule has 0 saturated heterocycles. The Morgan fingerprint density at radius 3 is 2.06 bits per heavy atom. The van der Waals surface area contributed by atoms with Gasteiger partial charge in [-0.25, -0.2) is 9.97 Å². The molecule has 0 aliphatic heterocycles. The van der Waals surface area contributed by atoms with Gasteiger partial charge in [0.1, 0.15) is 5.82 Å². The molecule has 1 aromatic carbocycles. The van der Waals surface area contributed by atoms with Gasteiger partial charge in [0.2, 0.25) is 0 Å². The highest BCUT2D eigenvalue weighted by atomic mass is 14.9. The SMILES string of the molecule is CC(C)c1ncc(-c2ccc(C#N)cc2)cn1. The highest BCUT2D eigenvalue weighted by molar-refractivity contribution is 5.62. The lowest BCUT2D eigenvalue weighted by molar-refractivity contribution is 0.775. The Bertz CT molecular complexity index is 533. The van der Waals surface area contributed by atoms with E-state index in [0.717, 1.165) is 17.0 Å². The first-order chi connectivity index (χ1) is 8.20. The Hall–Kier alpha value is -2.21. The van der Waals surface area contributed by atoms with Crippen LogP contribution in [0.4, 0.5) is 0 Å². The molecule has 2 aromatic rings. The summed E-state index contributed by atoms with van der Waals surface area (Å²) < 4.78 is 0. The highest BCUT2D eigenvalue weighted by Gasteiger charge is 2.03.